The standard InChI is InChI=1S/C11H13F3N2O/c1-2-9(11(12,13)14)15-16-10(17)8-6-4-3-5-7-8/h3-7,9,15H,2H2,1H3,(H,16,17)/t9-/m1/s1. The lowest BCUT2D eigenvalue weighted by Crippen LogP contribution is -2.50. The van der Waals surface area contributed by atoms with Crippen molar-refractivity contribution in [3.8, 4) is 0 Å². The molecule has 0 saturated heterocycles. The highest BCUT2D eigenvalue weighted by Gasteiger charge is 2.38. The van der Waals surface area contributed by atoms with Crippen molar-refractivity contribution in [2.45, 2.75) is 25.6 Å². The molecular weight excluding hydrogens is 233 g/mol. The zero-order chi connectivity index (χ0) is 12.9. The van der Waals surface area contributed by atoms with Crippen LogP contribution in [0.5, 0.6) is 0 Å². The molecule has 0 heterocycles. The Kier molecular flexibility index (Phi) is 4.51. The molecule has 0 saturated carbocycles. The third-order valence-corrected chi connectivity index (χ3v) is 2.20. The molecule has 0 aliphatic carbocycles. The SMILES string of the molecule is CC[C@@H](NNC(=O)c1ccccc1)C(F)(F)F. The fourth-order valence-electron chi connectivity index (χ4n) is 1.23. The maximum absolute atomic E-state index is 12.4. The van der Waals surface area contributed by atoms with Crippen molar-refractivity contribution < 1.29 is 18.0 Å². The lowest BCUT2D eigenvalue weighted by atomic mass is 10.2. The van der Waals surface area contributed by atoms with Crippen LogP contribution in [0.25, 0.3) is 0 Å². The molecule has 1 atom stereocenters. The van der Waals surface area contributed by atoms with Crippen LogP contribution in [0, 0.1) is 0 Å². The second kappa shape index (κ2) is 5.67. The van der Waals surface area contributed by atoms with E-state index < -0.39 is 18.1 Å². The van der Waals surface area contributed by atoms with E-state index in [0.717, 1.165) is 0 Å². The van der Waals surface area contributed by atoms with E-state index in [9.17, 15) is 18.0 Å². The van der Waals surface area contributed by atoms with Gasteiger partial charge in [-0.1, -0.05) is 25.1 Å². The van der Waals surface area contributed by atoms with Crippen LogP contribution < -0.4 is 10.9 Å². The normalized spacial score (nSPS) is 13.2. The molecule has 0 aliphatic heterocycles. The van der Waals surface area contributed by atoms with Crippen LogP contribution in [0.2, 0.25) is 0 Å². The summed E-state index contributed by atoms with van der Waals surface area (Å²) < 4.78 is 37.1. The van der Waals surface area contributed by atoms with E-state index in [-0.39, 0.29) is 6.42 Å². The minimum absolute atomic E-state index is 0.154. The van der Waals surface area contributed by atoms with Crippen molar-refractivity contribution in [2.24, 2.45) is 0 Å². The maximum atomic E-state index is 12.4. The number of hydrazine groups is 1. The van der Waals surface area contributed by atoms with Crippen molar-refractivity contribution in [3.05, 3.63) is 35.9 Å². The number of alkyl halides is 3. The Morgan fingerprint density at radius 2 is 1.88 bits per heavy atom. The maximum Gasteiger partial charge on any atom is 0.405 e. The van der Waals surface area contributed by atoms with Gasteiger partial charge in [0.2, 0.25) is 0 Å². The highest BCUT2D eigenvalue weighted by Crippen LogP contribution is 2.21. The van der Waals surface area contributed by atoms with Gasteiger partial charge in [0.25, 0.3) is 5.91 Å². The van der Waals surface area contributed by atoms with Crippen molar-refractivity contribution in [3.63, 3.8) is 0 Å². The molecule has 0 spiro atoms. The van der Waals surface area contributed by atoms with Crippen LogP contribution >= 0.6 is 0 Å². The van der Waals surface area contributed by atoms with E-state index >= 15 is 0 Å². The van der Waals surface area contributed by atoms with E-state index in [1.165, 1.54) is 19.1 Å². The molecule has 6 heteroatoms. The first kappa shape index (κ1) is 13.5. The van der Waals surface area contributed by atoms with Gasteiger partial charge in [0.05, 0.1) is 0 Å². The average Bonchev–Trinajstić information content (AvgIpc) is 2.29. The van der Waals surface area contributed by atoms with Crippen molar-refractivity contribution >= 4 is 5.91 Å². The number of hydrogen-bond donors (Lipinski definition) is 2. The molecule has 0 radical (unpaired) electrons. The summed E-state index contributed by atoms with van der Waals surface area (Å²) >= 11 is 0. The summed E-state index contributed by atoms with van der Waals surface area (Å²) in [5, 5.41) is 0. The second-order valence-electron chi connectivity index (χ2n) is 3.47. The quantitative estimate of drug-likeness (QED) is 0.800. The highest BCUT2D eigenvalue weighted by molar-refractivity contribution is 5.93. The molecule has 1 amide bonds. The molecule has 1 aromatic carbocycles. The van der Waals surface area contributed by atoms with Gasteiger partial charge in [-0.25, -0.2) is 5.43 Å². The smallest absolute Gasteiger partial charge is 0.287 e. The highest BCUT2D eigenvalue weighted by atomic mass is 19.4. The fraction of sp³-hybridized carbons (Fsp3) is 0.364. The lowest BCUT2D eigenvalue weighted by molar-refractivity contribution is -0.158. The van der Waals surface area contributed by atoms with Gasteiger partial charge in [-0.15, -0.1) is 0 Å². The Hall–Kier alpha value is -1.56. The van der Waals surface area contributed by atoms with Gasteiger partial charge < -0.3 is 0 Å². The molecule has 1 rings (SSSR count). The third-order valence-electron chi connectivity index (χ3n) is 2.20. The van der Waals surface area contributed by atoms with E-state index in [0.29, 0.717) is 5.56 Å². The van der Waals surface area contributed by atoms with E-state index in [1.807, 2.05) is 10.9 Å². The lowest BCUT2D eigenvalue weighted by Gasteiger charge is -2.20. The first-order valence-electron chi connectivity index (χ1n) is 5.12. The summed E-state index contributed by atoms with van der Waals surface area (Å²) in [5.41, 5.74) is 4.33. The van der Waals surface area contributed by atoms with Gasteiger partial charge in [-0.3, -0.25) is 10.2 Å². The molecule has 3 nitrogen and oxygen atoms in total. The van der Waals surface area contributed by atoms with Gasteiger partial charge in [0, 0.05) is 5.56 Å². The zero-order valence-electron chi connectivity index (χ0n) is 9.21. The van der Waals surface area contributed by atoms with Gasteiger partial charge in [-0.2, -0.15) is 13.2 Å². The molecule has 0 aliphatic rings. The van der Waals surface area contributed by atoms with Gasteiger partial charge in [-0.05, 0) is 18.6 Å². The van der Waals surface area contributed by atoms with Crippen molar-refractivity contribution in [1.29, 1.82) is 0 Å². The van der Waals surface area contributed by atoms with Crippen LogP contribution in [0.4, 0.5) is 13.2 Å². The van der Waals surface area contributed by atoms with E-state index in [4.69, 9.17) is 0 Å². The van der Waals surface area contributed by atoms with Crippen LogP contribution in [-0.2, 0) is 0 Å². The number of benzene rings is 1. The summed E-state index contributed by atoms with van der Waals surface area (Å²) in [6.45, 7) is 1.39. The van der Waals surface area contributed by atoms with Crippen LogP contribution in [0.1, 0.15) is 23.7 Å². The molecule has 1 aromatic rings. The van der Waals surface area contributed by atoms with Crippen LogP contribution in [0.3, 0.4) is 0 Å². The molecule has 2 N–H and O–H groups in total. The topological polar surface area (TPSA) is 41.1 Å². The predicted molar refractivity (Wildman–Crippen MR) is 57.2 cm³/mol. The zero-order valence-corrected chi connectivity index (χ0v) is 9.21. The Balaban J connectivity index is 2.54. The second-order valence-corrected chi connectivity index (χ2v) is 3.47. The Morgan fingerprint density at radius 3 is 2.35 bits per heavy atom. The van der Waals surface area contributed by atoms with E-state index in [1.54, 1.807) is 18.2 Å². The number of amides is 1. The minimum Gasteiger partial charge on any atom is -0.287 e. The molecule has 0 fully saturated rings. The molecule has 0 aromatic heterocycles. The monoisotopic (exact) mass is 246 g/mol. The Bertz CT molecular complexity index is 365. The fourth-order valence-corrected chi connectivity index (χ4v) is 1.23. The number of carbonyl (C=O) groups is 1. The summed E-state index contributed by atoms with van der Waals surface area (Å²) in [5.74, 6) is -0.590. The number of carbonyl (C=O) groups excluding carboxylic acids is 1. The molecule has 94 valence electrons. The first-order valence-corrected chi connectivity index (χ1v) is 5.12. The minimum atomic E-state index is -4.38. The van der Waals surface area contributed by atoms with Crippen molar-refractivity contribution in [1.82, 2.24) is 10.9 Å². The molecule has 0 bridgehead atoms. The predicted octanol–water partition coefficient (Wildman–Crippen LogP) is 2.26. The third kappa shape index (κ3) is 4.07. The van der Waals surface area contributed by atoms with Crippen molar-refractivity contribution in [2.75, 3.05) is 0 Å². The summed E-state index contributed by atoms with van der Waals surface area (Å²) in [4.78, 5) is 11.5. The number of rotatable bonds is 4. The number of nitrogens with one attached hydrogen (secondary N) is 2. The Labute approximate surface area is 97.0 Å². The number of halogens is 3. The Morgan fingerprint density at radius 1 is 1.29 bits per heavy atom. The first-order chi connectivity index (χ1) is 7.95. The number of hydrogen-bond acceptors (Lipinski definition) is 2. The molecule has 0 unspecified atom stereocenters. The summed E-state index contributed by atoms with van der Waals surface area (Å²) in [6.07, 6.45) is -4.53. The van der Waals surface area contributed by atoms with E-state index in [2.05, 4.69) is 0 Å². The largest absolute Gasteiger partial charge is 0.405 e. The van der Waals surface area contributed by atoms with Gasteiger partial charge >= 0.3 is 6.18 Å². The molecule has 17 heavy (non-hydrogen) atoms. The van der Waals surface area contributed by atoms with Gasteiger partial charge in [0.15, 0.2) is 0 Å². The summed E-state index contributed by atoms with van der Waals surface area (Å²) in [7, 11) is 0. The van der Waals surface area contributed by atoms with Crippen LogP contribution in [-0.4, -0.2) is 18.1 Å². The molecular formula is C11H13F3N2O. The van der Waals surface area contributed by atoms with Gasteiger partial charge in [0.1, 0.15) is 6.04 Å². The average molecular weight is 246 g/mol. The summed E-state index contributed by atoms with van der Waals surface area (Å²) in [6, 6.07) is 6.29. The van der Waals surface area contributed by atoms with Crippen LogP contribution in [0.15, 0.2) is 30.3 Å².